The second-order valence-corrected chi connectivity index (χ2v) is 4.20. The number of amides is 2. The number of nitrogen functional groups attached to an aromatic ring is 1. The largest absolute Gasteiger partial charge is 0.335 e. The molecule has 2 rings (SSSR count). The van der Waals surface area contributed by atoms with Gasteiger partial charge in [0.2, 0.25) is 11.8 Å². The number of nitrogens with zero attached hydrogens (tertiary/aromatic N) is 3. The number of hydrazine groups is 1. The first-order chi connectivity index (χ1) is 8.60. The van der Waals surface area contributed by atoms with E-state index in [0.717, 1.165) is 5.56 Å². The minimum absolute atomic E-state index is 0.0530. The number of likely N-dealkylation sites (N-methyl/N-ethyl adjacent to an activating group) is 1. The maximum atomic E-state index is 11.8. The number of carbonyl (C=O) groups excluding carboxylic acids is 2. The van der Waals surface area contributed by atoms with Crippen LogP contribution in [0.1, 0.15) is 5.56 Å². The molecule has 1 aliphatic rings. The van der Waals surface area contributed by atoms with Gasteiger partial charge < -0.3 is 15.2 Å². The third-order valence-corrected chi connectivity index (χ3v) is 2.82. The zero-order valence-electron chi connectivity index (χ0n) is 10.1. The van der Waals surface area contributed by atoms with Gasteiger partial charge in [0.15, 0.2) is 0 Å². The van der Waals surface area contributed by atoms with Crippen molar-refractivity contribution in [3.8, 4) is 0 Å². The van der Waals surface area contributed by atoms with Gasteiger partial charge >= 0.3 is 0 Å². The number of pyridine rings is 1. The van der Waals surface area contributed by atoms with E-state index in [9.17, 15) is 9.59 Å². The molecule has 1 fully saturated rings. The first kappa shape index (κ1) is 12.3. The molecular weight excluding hydrogens is 234 g/mol. The predicted molar refractivity (Wildman–Crippen MR) is 65.1 cm³/mol. The Kier molecular flexibility index (Phi) is 3.42. The van der Waals surface area contributed by atoms with Crippen LogP contribution >= 0.6 is 0 Å². The van der Waals surface area contributed by atoms with Crippen LogP contribution in [0.15, 0.2) is 18.3 Å². The zero-order chi connectivity index (χ0) is 13.1. The molecule has 18 heavy (non-hydrogen) atoms. The molecule has 0 spiro atoms. The maximum absolute atomic E-state index is 11.8. The number of piperazine rings is 1. The number of aromatic nitrogens is 1. The van der Waals surface area contributed by atoms with Gasteiger partial charge in [-0.1, -0.05) is 6.07 Å². The highest BCUT2D eigenvalue weighted by Crippen LogP contribution is 2.10. The van der Waals surface area contributed by atoms with E-state index < -0.39 is 0 Å². The monoisotopic (exact) mass is 249 g/mol. The second-order valence-electron chi connectivity index (χ2n) is 4.20. The molecule has 0 saturated carbocycles. The number of nitrogens with two attached hydrogens (primary N) is 1. The van der Waals surface area contributed by atoms with Crippen molar-refractivity contribution in [2.24, 2.45) is 5.84 Å². The van der Waals surface area contributed by atoms with Gasteiger partial charge in [-0.2, -0.15) is 0 Å². The highest BCUT2D eigenvalue weighted by Gasteiger charge is 2.27. The number of hydrogen-bond acceptors (Lipinski definition) is 5. The summed E-state index contributed by atoms with van der Waals surface area (Å²) in [5.74, 6) is 5.66. The van der Waals surface area contributed by atoms with Gasteiger partial charge in [-0.25, -0.2) is 10.8 Å². The summed E-state index contributed by atoms with van der Waals surface area (Å²) in [6.45, 7) is 0.636. The molecule has 2 heterocycles. The quantitative estimate of drug-likeness (QED) is 0.539. The van der Waals surface area contributed by atoms with Crippen LogP contribution in [-0.2, 0) is 16.1 Å². The normalized spacial score (nSPS) is 16.1. The second kappa shape index (κ2) is 5.01. The fourth-order valence-corrected chi connectivity index (χ4v) is 1.73. The minimum Gasteiger partial charge on any atom is -0.335 e. The summed E-state index contributed by atoms with van der Waals surface area (Å²) in [6.07, 6.45) is 1.63. The lowest BCUT2D eigenvalue weighted by atomic mass is 10.2. The molecule has 7 heteroatoms. The Morgan fingerprint density at radius 1 is 1.33 bits per heavy atom. The Morgan fingerprint density at radius 2 is 2.11 bits per heavy atom. The fraction of sp³-hybridized carbons (Fsp3) is 0.364. The average molecular weight is 249 g/mol. The molecule has 0 aliphatic carbocycles. The standard InChI is InChI=1S/C11H15N5O2/c1-15-6-11(18)16(7-10(15)17)5-8-2-3-9(14-12)13-4-8/h2-4H,5-7,12H2,1H3,(H,13,14). The Hall–Kier alpha value is -2.15. The molecule has 2 amide bonds. The van der Waals surface area contributed by atoms with Crippen LogP contribution in [0.4, 0.5) is 5.82 Å². The van der Waals surface area contributed by atoms with E-state index in [4.69, 9.17) is 5.84 Å². The van der Waals surface area contributed by atoms with Crippen LogP contribution < -0.4 is 11.3 Å². The van der Waals surface area contributed by atoms with E-state index >= 15 is 0 Å². The fourth-order valence-electron chi connectivity index (χ4n) is 1.73. The highest BCUT2D eigenvalue weighted by atomic mass is 16.2. The Labute approximate surface area is 105 Å². The van der Waals surface area contributed by atoms with Crippen molar-refractivity contribution in [3.63, 3.8) is 0 Å². The van der Waals surface area contributed by atoms with Crippen LogP contribution in [0.3, 0.4) is 0 Å². The topological polar surface area (TPSA) is 91.6 Å². The Balaban J connectivity index is 2.04. The third-order valence-electron chi connectivity index (χ3n) is 2.82. The average Bonchev–Trinajstić information content (AvgIpc) is 2.37. The number of nitrogens with one attached hydrogen (secondary N) is 1. The molecule has 1 saturated heterocycles. The van der Waals surface area contributed by atoms with Gasteiger partial charge in [0.05, 0.1) is 6.54 Å². The van der Waals surface area contributed by atoms with Crippen LogP contribution in [0.2, 0.25) is 0 Å². The molecule has 0 bridgehead atoms. The van der Waals surface area contributed by atoms with Crippen molar-refractivity contribution in [2.75, 3.05) is 25.6 Å². The van der Waals surface area contributed by atoms with Crippen molar-refractivity contribution in [1.82, 2.24) is 14.8 Å². The third kappa shape index (κ3) is 2.57. The summed E-state index contributed by atoms with van der Waals surface area (Å²) in [5.41, 5.74) is 3.29. The molecule has 0 atom stereocenters. The first-order valence-corrected chi connectivity index (χ1v) is 5.53. The summed E-state index contributed by atoms with van der Waals surface area (Å²) >= 11 is 0. The van der Waals surface area contributed by atoms with Crippen molar-refractivity contribution in [3.05, 3.63) is 23.9 Å². The lowest BCUT2D eigenvalue weighted by Gasteiger charge is -2.31. The van der Waals surface area contributed by atoms with Gasteiger partial charge in [0.25, 0.3) is 0 Å². The summed E-state index contributed by atoms with van der Waals surface area (Å²) in [4.78, 5) is 30.3. The molecule has 1 aromatic rings. The van der Waals surface area contributed by atoms with Crippen molar-refractivity contribution >= 4 is 17.6 Å². The van der Waals surface area contributed by atoms with Crippen LogP contribution in [-0.4, -0.2) is 46.7 Å². The molecule has 0 aromatic carbocycles. The van der Waals surface area contributed by atoms with Crippen LogP contribution in [0.5, 0.6) is 0 Å². The van der Waals surface area contributed by atoms with Gasteiger partial charge in [0, 0.05) is 19.8 Å². The van der Waals surface area contributed by atoms with E-state index in [1.807, 2.05) is 6.07 Å². The minimum atomic E-state index is -0.0573. The highest BCUT2D eigenvalue weighted by molar-refractivity contribution is 5.92. The van der Waals surface area contributed by atoms with Gasteiger partial charge in [0.1, 0.15) is 12.4 Å². The number of rotatable bonds is 3. The van der Waals surface area contributed by atoms with E-state index in [-0.39, 0.29) is 24.9 Å². The van der Waals surface area contributed by atoms with Gasteiger partial charge in [-0.05, 0) is 11.6 Å². The summed E-state index contributed by atoms with van der Waals surface area (Å²) in [6, 6.07) is 3.54. The molecule has 1 aromatic heterocycles. The van der Waals surface area contributed by atoms with Crippen molar-refractivity contribution in [2.45, 2.75) is 6.54 Å². The van der Waals surface area contributed by atoms with E-state index in [2.05, 4.69) is 10.4 Å². The van der Waals surface area contributed by atoms with E-state index in [0.29, 0.717) is 12.4 Å². The molecule has 96 valence electrons. The molecule has 7 nitrogen and oxygen atoms in total. The zero-order valence-corrected chi connectivity index (χ0v) is 10.1. The SMILES string of the molecule is CN1CC(=O)N(Cc2ccc(NN)nc2)CC1=O. The number of carbonyl (C=O) groups is 2. The predicted octanol–water partition coefficient (Wildman–Crippen LogP) is -0.832. The smallest absolute Gasteiger partial charge is 0.242 e. The maximum Gasteiger partial charge on any atom is 0.242 e. The van der Waals surface area contributed by atoms with Gasteiger partial charge in [-0.3, -0.25) is 9.59 Å². The molecule has 3 N–H and O–H groups in total. The summed E-state index contributed by atoms with van der Waals surface area (Å²) in [5, 5.41) is 0. The molecular formula is C11H15N5O2. The van der Waals surface area contributed by atoms with Crippen molar-refractivity contribution < 1.29 is 9.59 Å². The van der Waals surface area contributed by atoms with E-state index in [1.165, 1.54) is 9.80 Å². The molecule has 1 aliphatic heterocycles. The summed E-state index contributed by atoms with van der Waals surface area (Å²) < 4.78 is 0. The number of anilines is 1. The van der Waals surface area contributed by atoms with Crippen LogP contribution in [0.25, 0.3) is 0 Å². The lowest BCUT2D eigenvalue weighted by Crippen LogP contribution is -2.51. The van der Waals surface area contributed by atoms with Crippen LogP contribution in [0, 0.1) is 0 Å². The van der Waals surface area contributed by atoms with Crippen molar-refractivity contribution in [1.29, 1.82) is 0 Å². The molecule has 0 unspecified atom stereocenters. The first-order valence-electron chi connectivity index (χ1n) is 5.53. The Bertz CT molecular complexity index is 459. The number of hydrogen-bond donors (Lipinski definition) is 2. The lowest BCUT2D eigenvalue weighted by molar-refractivity contribution is -0.149. The van der Waals surface area contributed by atoms with Gasteiger partial charge in [-0.15, -0.1) is 0 Å². The molecule has 0 radical (unpaired) electrons. The van der Waals surface area contributed by atoms with E-state index in [1.54, 1.807) is 19.3 Å². The Morgan fingerprint density at radius 3 is 2.72 bits per heavy atom. The summed E-state index contributed by atoms with van der Waals surface area (Å²) in [7, 11) is 1.63.